The molecule has 1 N–H and O–H groups in total. The van der Waals surface area contributed by atoms with Crippen LogP contribution in [0.1, 0.15) is 29.3 Å². The zero-order valence-corrected chi connectivity index (χ0v) is 17.2. The normalized spacial score (nSPS) is 15.5. The number of nitrogens with zero attached hydrogens (tertiary/aromatic N) is 1. The zero-order chi connectivity index (χ0) is 22.4. The lowest BCUT2D eigenvalue weighted by atomic mass is 10.1. The number of ether oxygens (including phenoxy) is 2. The minimum Gasteiger partial charge on any atom is -0.497 e. The van der Waals surface area contributed by atoms with Crippen molar-refractivity contribution in [3.63, 3.8) is 0 Å². The first-order chi connectivity index (χ1) is 14.9. The molecule has 1 heterocycles. The number of Topliss-reactive ketones (excluding diaryl/α,β-unsaturated/α-hetero) is 1. The van der Waals surface area contributed by atoms with E-state index in [1.54, 1.807) is 68.6 Å². The Kier molecular flexibility index (Phi) is 6.81. The van der Waals surface area contributed by atoms with Crippen molar-refractivity contribution in [3.05, 3.63) is 77.5 Å². The van der Waals surface area contributed by atoms with Crippen LogP contribution < -0.4 is 10.1 Å². The highest BCUT2D eigenvalue weighted by Crippen LogP contribution is 2.17. The average Bonchev–Trinajstić information content (AvgIpc) is 3.01. The van der Waals surface area contributed by atoms with Crippen LogP contribution in [0.15, 0.2) is 66.4 Å². The molecule has 0 aliphatic carbocycles. The van der Waals surface area contributed by atoms with E-state index in [0.717, 1.165) is 16.5 Å². The highest BCUT2D eigenvalue weighted by atomic mass is 16.5. The number of imide groups is 1. The quantitative estimate of drug-likeness (QED) is 0.304. The van der Waals surface area contributed by atoms with Crippen molar-refractivity contribution >= 4 is 23.7 Å². The number of amides is 3. The maximum Gasteiger partial charge on any atom is 0.333 e. The van der Waals surface area contributed by atoms with E-state index in [-0.39, 0.29) is 24.4 Å². The molecule has 1 saturated heterocycles. The molecule has 0 radical (unpaired) electrons. The third kappa shape index (κ3) is 5.57. The lowest BCUT2D eigenvalue weighted by Crippen LogP contribution is -2.30. The molecule has 3 amide bonds. The van der Waals surface area contributed by atoms with Crippen molar-refractivity contribution in [2.75, 3.05) is 7.11 Å². The lowest BCUT2D eigenvalue weighted by molar-refractivity contribution is -0.142. The molecular weight excluding hydrogens is 400 g/mol. The molecule has 160 valence electrons. The van der Waals surface area contributed by atoms with E-state index < -0.39 is 24.0 Å². The largest absolute Gasteiger partial charge is 0.497 e. The van der Waals surface area contributed by atoms with Crippen LogP contribution in [0.2, 0.25) is 0 Å². The maximum absolute atomic E-state index is 12.5. The Balaban J connectivity index is 1.58. The van der Waals surface area contributed by atoms with Crippen LogP contribution in [0.5, 0.6) is 5.75 Å². The molecule has 3 rings (SSSR count). The van der Waals surface area contributed by atoms with Gasteiger partial charge in [-0.2, -0.15) is 0 Å². The fraction of sp³-hybridized carbons (Fsp3) is 0.217. The van der Waals surface area contributed by atoms with Crippen molar-refractivity contribution in [3.8, 4) is 5.75 Å². The first-order valence-electron chi connectivity index (χ1n) is 9.63. The smallest absolute Gasteiger partial charge is 0.333 e. The zero-order valence-electron chi connectivity index (χ0n) is 17.2. The number of benzene rings is 2. The van der Waals surface area contributed by atoms with Gasteiger partial charge in [-0.1, -0.05) is 42.5 Å². The van der Waals surface area contributed by atoms with Gasteiger partial charge in [0.1, 0.15) is 17.6 Å². The van der Waals surface area contributed by atoms with E-state index >= 15 is 0 Å². The Morgan fingerprint density at radius 3 is 2.39 bits per heavy atom. The summed E-state index contributed by atoms with van der Waals surface area (Å²) in [6, 6.07) is 15.0. The van der Waals surface area contributed by atoms with Gasteiger partial charge in [-0.05, 0) is 24.6 Å². The van der Waals surface area contributed by atoms with Crippen molar-refractivity contribution in [1.82, 2.24) is 10.2 Å². The summed E-state index contributed by atoms with van der Waals surface area (Å²) < 4.78 is 10.3. The molecule has 8 nitrogen and oxygen atoms in total. The Bertz CT molecular complexity index is 1010. The summed E-state index contributed by atoms with van der Waals surface area (Å²) in [5, 5.41) is 2.37. The molecule has 1 aliphatic rings. The van der Waals surface area contributed by atoms with E-state index in [4.69, 9.17) is 9.47 Å². The molecular formula is C23H22N2O6. The molecule has 1 aliphatic heterocycles. The van der Waals surface area contributed by atoms with E-state index in [1.807, 2.05) is 0 Å². The summed E-state index contributed by atoms with van der Waals surface area (Å²) in [6.07, 6.45) is 0.236. The first-order valence-corrected chi connectivity index (χ1v) is 9.63. The first kappa shape index (κ1) is 21.8. The van der Waals surface area contributed by atoms with Crippen molar-refractivity contribution in [2.45, 2.75) is 26.0 Å². The summed E-state index contributed by atoms with van der Waals surface area (Å²) in [5.74, 6) is -0.956. The number of hydrogen-bond acceptors (Lipinski definition) is 6. The lowest BCUT2D eigenvalue weighted by Gasteiger charge is -2.12. The highest BCUT2D eigenvalue weighted by Gasteiger charge is 2.34. The monoisotopic (exact) mass is 422 g/mol. The van der Waals surface area contributed by atoms with Gasteiger partial charge in [0.15, 0.2) is 5.78 Å². The highest BCUT2D eigenvalue weighted by molar-refractivity contribution is 6.13. The van der Waals surface area contributed by atoms with Crippen molar-refractivity contribution in [2.24, 2.45) is 0 Å². The summed E-state index contributed by atoms with van der Waals surface area (Å²) in [7, 11) is 1.54. The summed E-state index contributed by atoms with van der Waals surface area (Å²) in [5.41, 5.74) is 1.07. The second-order valence-corrected chi connectivity index (χ2v) is 6.97. The summed E-state index contributed by atoms with van der Waals surface area (Å²) in [6.45, 7) is 1.63. The molecule has 2 aromatic rings. The van der Waals surface area contributed by atoms with E-state index in [9.17, 15) is 19.2 Å². The van der Waals surface area contributed by atoms with Gasteiger partial charge in [0, 0.05) is 12.0 Å². The van der Waals surface area contributed by atoms with Crippen molar-refractivity contribution < 1.29 is 28.7 Å². The van der Waals surface area contributed by atoms with E-state index in [2.05, 4.69) is 5.32 Å². The third-order valence-corrected chi connectivity index (χ3v) is 4.61. The summed E-state index contributed by atoms with van der Waals surface area (Å²) in [4.78, 5) is 50.0. The number of methoxy groups -OCH3 is 1. The van der Waals surface area contributed by atoms with Crippen LogP contribution in [-0.2, 0) is 20.9 Å². The van der Waals surface area contributed by atoms with Gasteiger partial charge in [-0.3, -0.25) is 14.5 Å². The molecule has 0 aromatic heterocycles. The molecule has 0 spiro atoms. The number of hydrogen-bond donors (Lipinski definition) is 1. The number of carbonyl (C=O) groups is 4. The summed E-state index contributed by atoms with van der Waals surface area (Å²) >= 11 is 0. The van der Waals surface area contributed by atoms with Gasteiger partial charge in [0.05, 0.1) is 19.7 Å². The molecule has 31 heavy (non-hydrogen) atoms. The number of carbonyl (C=O) groups excluding carboxylic acids is 4. The van der Waals surface area contributed by atoms with Crippen molar-refractivity contribution in [1.29, 1.82) is 0 Å². The topological polar surface area (TPSA) is 102 Å². The standard InChI is InChI=1S/C23H22N2O6/c1-15(12-20(26)17-6-4-3-5-7-17)31-21(27)13-19-22(28)25(23(29)24-19)14-16-8-10-18(30-2)11-9-16/h3-11,13,15H,12,14H2,1-2H3,(H,24,29)/b19-13-. The van der Waals surface area contributed by atoms with Gasteiger partial charge in [0.2, 0.25) is 0 Å². The number of rotatable bonds is 8. The second kappa shape index (κ2) is 9.71. The predicted molar refractivity (Wildman–Crippen MR) is 111 cm³/mol. The molecule has 2 aromatic carbocycles. The Morgan fingerprint density at radius 2 is 1.74 bits per heavy atom. The fourth-order valence-electron chi connectivity index (χ4n) is 3.02. The average molecular weight is 422 g/mol. The maximum atomic E-state index is 12.5. The number of urea groups is 1. The van der Waals surface area contributed by atoms with Crippen LogP contribution in [0.4, 0.5) is 4.79 Å². The minimum absolute atomic E-state index is 0.00280. The number of nitrogens with one attached hydrogen (secondary N) is 1. The molecule has 8 heteroatoms. The number of esters is 1. The molecule has 0 saturated carbocycles. The van der Waals surface area contributed by atoms with Crippen LogP contribution in [-0.4, -0.2) is 41.8 Å². The van der Waals surface area contributed by atoms with Crippen LogP contribution in [0.3, 0.4) is 0 Å². The van der Waals surface area contributed by atoms with Gasteiger partial charge in [-0.25, -0.2) is 9.59 Å². The van der Waals surface area contributed by atoms with Gasteiger partial charge >= 0.3 is 12.0 Å². The van der Waals surface area contributed by atoms with Gasteiger partial charge in [0.25, 0.3) is 5.91 Å². The van der Waals surface area contributed by atoms with Gasteiger partial charge in [-0.15, -0.1) is 0 Å². The number of ketones is 1. The van der Waals surface area contributed by atoms with Crippen LogP contribution in [0.25, 0.3) is 0 Å². The van der Waals surface area contributed by atoms with Crippen LogP contribution in [0, 0.1) is 0 Å². The van der Waals surface area contributed by atoms with Gasteiger partial charge < -0.3 is 14.8 Å². The minimum atomic E-state index is -0.816. The SMILES string of the molecule is COc1ccc(CN2C(=O)N/C(=C\C(=O)OC(C)CC(=O)c3ccccc3)C2=O)cc1. The Morgan fingerprint density at radius 1 is 1.06 bits per heavy atom. The fourth-order valence-corrected chi connectivity index (χ4v) is 3.02. The molecule has 1 fully saturated rings. The van der Waals surface area contributed by atoms with E-state index in [1.165, 1.54) is 0 Å². The van der Waals surface area contributed by atoms with E-state index in [0.29, 0.717) is 11.3 Å². The Hall–Kier alpha value is -3.94. The molecule has 1 atom stereocenters. The molecule has 0 bridgehead atoms. The Labute approximate surface area is 179 Å². The predicted octanol–water partition coefficient (Wildman–Crippen LogP) is 2.84. The molecule has 1 unspecified atom stereocenters. The van der Waals surface area contributed by atoms with Crippen LogP contribution >= 0.6 is 0 Å². The third-order valence-electron chi connectivity index (χ3n) is 4.61. The second-order valence-electron chi connectivity index (χ2n) is 6.97.